The number of anilines is 1. The molecule has 3 nitrogen and oxygen atoms in total. The Bertz CT molecular complexity index is 1390. The summed E-state index contributed by atoms with van der Waals surface area (Å²) in [5.41, 5.74) is 2.44. The number of amides is 1. The number of thiophene rings is 1. The van der Waals surface area contributed by atoms with Gasteiger partial charge in [0.2, 0.25) is 0 Å². The molecule has 1 amide bonds. The number of hydrogen-bond donors (Lipinski definition) is 1. The third kappa shape index (κ3) is 2.73. The number of fused-ring (bicyclic) bond motifs is 4. The van der Waals surface area contributed by atoms with Gasteiger partial charge in [-0.15, -0.1) is 11.3 Å². The van der Waals surface area contributed by atoms with E-state index in [-0.39, 0.29) is 5.91 Å². The van der Waals surface area contributed by atoms with Gasteiger partial charge in [-0.1, -0.05) is 60.1 Å². The maximum atomic E-state index is 13.1. The Morgan fingerprint density at radius 1 is 1.00 bits per heavy atom. The number of carbonyl (C=O) groups excluding carboxylic acids is 1. The van der Waals surface area contributed by atoms with Crippen LogP contribution in [0.4, 0.5) is 5.69 Å². The lowest BCUT2D eigenvalue weighted by molar-refractivity contribution is 0.103. The smallest absolute Gasteiger partial charge is 0.267 e. The molecule has 28 heavy (non-hydrogen) atoms. The monoisotopic (exact) mass is 402 g/mol. The van der Waals surface area contributed by atoms with E-state index in [1.54, 1.807) is 0 Å². The minimum atomic E-state index is -0.203. The number of rotatable bonds is 2. The molecule has 1 N–H and O–H groups in total. The standard InChI is InChI=1S/C23H15ClN2OS/c1-13-12-18(16-8-4-5-9-17(16)25-13)26-23(27)22-21(24)20-15-7-3-2-6-14(15)10-11-19(20)28-22/h2-12H,1H3,(H,25,26,27). The van der Waals surface area contributed by atoms with Crippen molar-refractivity contribution < 1.29 is 4.79 Å². The van der Waals surface area contributed by atoms with Crippen LogP contribution in [0.3, 0.4) is 0 Å². The van der Waals surface area contributed by atoms with E-state index in [9.17, 15) is 4.79 Å². The Balaban J connectivity index is 1.63. The van der Waals surface area contributed by atoms with Gasteiger partial charge in [-0.2, -0.15) is 0 Å². The minimum Gasteiger partial charge on any atom is -0.321 e. The average molecular weight is 403 g/mol. The van der Waals surface area contributed by atoms with E-state index in [0.29, 0.717) is 9.90 Å². The number of aromatic nitrogens is 1. The van der Waals surface area contributed by atoms with Gasteiger partial charge in [0.05, 0.1) is 16.2 Å². The van der Waals surface area contributed by atoms with Crippen molar-refractivity contribution in [1.82, 2.24) is 4.98 Å². The molecule has 0 fully saturated rings. The molecule has 2 heterocycles. The topological polar surface area (TPSA) is 42.0 Å². The first-order chi connectivity index (χ1) is 13.6. The van der Waals surface area contributed by atoms with Crippen molar-refractivity contribution in [2.24, 2.45) is 0 Å². The molecule has 0 spiro atoms. The van der Waals surface area contributed by atoms with Gasteiger partial charge in [-0.05, 0) is 35.9 Å². The molecule has 0 aliphatic carbocycles. The molecule has 5 aromatic rings. The van der Waals surface area contributed by atoms with E-state index in [0.717, 1.165) is 43.1 Å². The SMILES string of the molecule is Cc1cc(NC(=O)c2sc3ccc4ccccc4c3c2Cl)c2ccccc2n1. The van der Waals surface area contributed by atoms with Crippen LogP contribution in [-0.4, -0.2) is 10.9 Å². The summed E-state index contributed by atoms with van der Waals surface area (Å²) in [7, 11) is 0. The zero-order valence-corrected chi connectivity index (χ0v) is 16.6. The van der Waals surface area contributed by atoms with Gasteiger partial charge in [-0.3, -0.25) is 9.78 Å². The minimum absolute atomic E-state index is 0.203. The zero-order valence-electron chi connectivity index (χ0n) is 15.0. The molecular formula is C23H15ClN2OS. The van der Waals surface area contributed by atoms with E-state index in [1.807, 2.05) is 67.6 Å². The van der Waals surface area contributed by atoms with E-state index in [4.69, 9.17) is 11.6 Å². The molecule has 0 atom stereocenters. The van der Waals surface area contributed by atoms with Gasteiger partial charge >= 0.3 is 0 Å². The van der Waals surface area contributed by atoms with Crippen molar-refractivity contribution in [3.63, 3.8) is 0 Å². The molecular weight excluding hydrogens is 388 g/mol. The Labute approximate surface area is 170 Å². The van der Waals surface area contributed by atoms with Crippen LogP contribution in [0.1, 0.15) is 15.4 Å². The fraction of sp³-hybridized carbons (Fsp3) is 0.0435. The molecule has 0 unspecified atom stereocenters. The Hall–Kier alpha value is -2.95. The number of pyridine rings is 1. The highest BCUT2D eigenvalue weighted by molar-refractivity contribution is 7.22. The second-order valence-electron chi connectivity index (χ2n) is 6.69. The number of nitrogens with one attached hydrogen (secondary N) is 1. The number of para-hydroxylation sites is 1. The molecule has 0 aliphatic heterocycles. The highest BCUT2D eigenvalue weighted by atomic mass is 35.5. The van der Waals surface area contributed by atoms with Crippen molar-refractivity contribution in [3.05, 3.63) is 82.3 Å². The van der Waals surface area contributed by atoms with Crippen LogP contribution >= 0.6 is 22.9 Å². The van der Waals surface area contributed by atoms with E-state index < -0.39 is 0 Å². The summed E-state index contributed by atoms with van der Waals surface area (Å²) in [5.74, 6) is -0.203. The maximum Gasteiger partial charge on any atom is 0.267 e. The fourth-order valence-electron chi connectivity index (χ4n) is 3.57. The van der Waals surface area contributed by atoms with Crippen molar-refractivity contribution in [2.75, 3.05) is 5.32 Å². The van der Waals surface area contributed by atoms with Gasteiger partial charge in [0, 0.05) is 21.2 Å². The number of nitrogens with zero attached hydrogens (tertiary/aromatic N) is 1. The van der Waals surface area contributed by atoms with E-state index in [1.165, 1.54) is 11.3 Å². The lowest BCUT2D eigenvalue weighted by Gasteiger charge is -2.09. The van der Waals surface area contributed by atoms with Gasteiger partial charge in [0.25, 0.3) is 5.91 Å². The number of hydrogen-bond acceptors (Lipinski definition) is 3. The highest BCUT2D eigenvalue weighted by Gasteiger charge is 2.19. The van der Waals surface area contributed by atoms with Gasteiger partial charge < -0.3 is 5.32 Å². The Morgan fingerprint density at radius 3 is 2.61 bits per heavy atom. The quantitative estimate of drug-likeness (QED) is 0.352. The molecule has 0 saturated carbocycles. The lowest BCUT2D eigenvalue weighted by atomic mass is 10.1. The molecule has 0 radical (unpaired) electrons. The first-order valence-corrected chi connectivity index (χ1v) is 10.1. The third-order valence-electron chi connectivity index (χ3n) is 4.82. The van der Waals surface area contributed by atoms with Crippen LogP contribution in [0.2, 0.25) is 5.02 Å². The number of aryl methyl sites for hydroxylation is 1. The highest BCUT2D eigenvalue weighted by Crippen LogP contribution is 2.40. The first-order valence-electron chi connectivity index (χ1n) is 8.89. The summed E-state index contributed by atoms with van der Waals surface area (Å²) in [4.78, 5) is 18.1. The van der Waals surface area contributed by atoms with E-state index >= 15 is 0 Å². The normalized spacial score (nSPS) is 11.4. The zero-order chi connectivity index (χ0) is 19.3. The van der Waals surface area contributed by atoms with Crippen LogP contribution in [0.25, 0.3) is 31.8 Å². The summed E-state index contributed by atoms with van der Waals surface area (Å²) >= 11 is 8.10. The number of benzene rings is 3. The number of carbonyl (C=O) groups is 1. The van der Waals surface area contributed by atoms with Crippen LogP contribution in [0.15, 0.2) is 66.7 Å². The molecule has 5 heteroatoms. The molecule has 5 rings (SSSR count). The van der Waals surface area contributed by atoms with Gasteiger partial charge in [0.15, 0.2) is 0 Å². The predicted octanol–water partition coefficient (Wildman–Crippen LogP) is 6.82. The first kappa shape index (κ1) is 17.2. The average Bonchev–Trinajstić information content (AvgIpc) is 3.05. The van der Waals surface area contributed by atoms with E-state index in [2.05, 4.69) is 16.4 Å². The predicted molar refractivity (Wildman–Crippen MR) is 119 cm³/mol. The Morgan fingerprint density at radius 2 is 1.75 bits per heavy atom. The van der Waals surface area contributed by atoms with Crippen LogP contribution in [0.5, 0.6) is 0 Å². The second-order valence-corrected chi connectivity index (χ2v) is 8.12. The second kappa shape index (κ2) is 6.59. The Kier molecular flexibility index (Phi) is 4.04. The summed E-state index contributed by atoms with van der Waals surface area (Å²) in [6, 6.07) is 21.8. The van der Waals surface area contributed by atoms with Gasteiger partial charge in [0.1, 0.15) is 4.88 Å². The molecule has 0 aliphatic rings. The molecule has 2 aromatic heterocycles. The third-order valence-corrected chi connectivity index (χ3v) is 6.46. The maximum absolute atomic E-state index is 13.1. The molecule has 0 bridgehead atoms. The molecule has 136 valence electrons. The fourth-order valence-corrected chi connectivity index (χ4v) is 5.03. The van der Waals surface area contributed by atoms with Crippen molar-refractivity contribution in [2.45, 2.75) is 6.92 Å². The van der Waals surface area contributed by atoms with Crippen LogP contribution < -0.4 is 5.32 Å². The summed E-state index contributed by atoms with van der Waals surface area (Å²) in [6.07, 6.45) is 0. The summed E-state index contributed by atoms with van der Waals surface area (Å²) in [5, 5.41) is 7.55. The van der Waals surface area contributed by atoms with Gasteiger partial charge in [-0.25, -0.2) is 0 Å². The molecule has 0 saturated heterocycles. The number of halogens is 1. The summed E-state index contributed by atoms with van der Waals surface area (Å²) in [6.45, 7) is 1.92. The largest absolute Gasteiger partial charge is 0.321 e. The van der Waals surface area contributed by atoms with Crippen molar-refractivity contribution in [1.29, 1.82) is 0 Å². The molecule has 3 aromatic carbocycles. The summed E-state index contributed by atoms with van der Waals surface area (Å²) < 4.78 is 1.00. The van der Waals surface area contributed by atoms with Crippen molar-refractivity contribution >= 4 is 66.3 Å². The lowest BCUT2D eigenvalue weighted by Crippen LogP contribution is -2.11. The van der Waals surface area contributed by atoms with Crippen molar-refractivity contribution in [3.8, 4) is 0 Å². The van der Waals surface area contributed by atoms with Crippen LogP contribution in [0, 0.1) is 6.92 Å². The van der Waals surface area contributed by atoms with Crippen LogP contribution in [-0.2, 0) is 0 Å².